The van der Waals surface area contributed by atoms with Crippen molar-refractivity contribution in [3.63, 3.8) is 0 Å². The van der Waals surface area contributed by atoms with Crippen molar-refractivity contribution < 1.29 is 9.90 Å². The highest BCUT2D eigenvalue weighted by molar-refractivity contribution is 5.70. The molecule has 1 aromatic heterocycles. The molecule has 1 heterocycles. The Morgan fingerprint density at radius 3 is 2.73 bits per heavy atom. The van der Waals surface area contributed by atoms with Gasteiger partial charge in [0, 0.05) is 12.2 Å². The van der Waals surface area contributed by atoms with Crippen LogP contribution < -0.4 is 5.32 Å². The molecule has 1 unspecified atom stereocenters. The first-order valence-corrected chi connectivity index (χ1v) is 8.54. The predicted octanol–water partition coefficient (Wildman–Crippen LogP) is 2.63. The molecule has 0 aliphatic heterocycles. The monoisotopic (exact) mass is 308 g/mol. The lowest BCUT2D eigenvalue weighted by atomic mass is 10.1. The molecule has 124 valence electrons. The summed E-state index contributed by atoms with van der Waals surface area (Å²) in [7, 11) is 0. The maximum atomic E-state index is 11.3. The molecule has 1 saturated carbocycles. The molecular formula is C16H28N4O2. The van der Waals surface area contributed by atoms with E-state index in [0.29, 0.717) is 12.8 Å². The molecule has 3 atom stereocenters. The van der Waals surface area contributed by atoms with Crippen molar-refractivity contribution in [3.8, 4) is 0 Å². The number of hydrogen-bond acceptors (Lipinski definition) is 4. The van der Waals surface area contributed by atoms with Crippen LogP contribution >= 0.6 is 0 Å². The van der Waals surface area contributed by atoms with Gasteiger partial charge in [-0.3, -0.25) is 4.79 Å². The maximum absolute atomic E-state index is 11.3. The van der Waals surface area contributed by atoms with Crippen LogP contribution in [0, 0.1) is 5.92 Å². The van der Waals surface area contributed by atoms with Gasteiger partial charge in [0.25, 0.3) is 0 Å². The van der Waals surface area contributed by atoms with Gasteiger partial charge in [-0.2, -0.15) is 0 Å². The molecule has 0 saturated heterocycles. The van der Waals surface area contributed by atoms with E-state index in [-0.39, 0.29) is 18.0 Å². The highest BCUT2D eigenvalue weighted by Crippen LogP contribution is 2.34. The largest absolute Gasteiger partial charge is 0.481 e. The molecule has 22 heavy (non-hydrogen) atoms. The van der Waals surface area contributed by atoms with E-state index >= 15 is 0 Å². The first-order valence-electron chi connectivity index (χ1n) is 8.54. The van der Waals surface area contributed by atoms with Crippen molar-refractivity contribution >= 4 is 5.97 Å². The SMILES string of the molecule is CCCCCCCCN[C@@H]1CC(C(=O)O)C[C@@H]1n1ccnn1. The zero-order chi connectivity index (χ0) is 15.8. The van der Waals surface area contributed by atoms with E-state index in [9.17, 15) is 9.90 Å². The number of carbonyl (C=O) groups is 1. The molecule has 1 aliphatic carbocycles. The van der Waals surface area contributed by atoms with Crippen LogP contribution in [-0.2, 0) is 4.79 Å². The summed E-state index contributed by atoms with van der Waals surface area (Å²) in [5.41, 5.74) is 0. The summed E-state index contributed by atoms with van der Waals surface area (Å²) in [6.45, 7) is 3.18. The lowest BCUT2D eigenvalue weighted by molar-refractivity contribution is -0.141. The van der Waals surface area contributed by atoms with E-state index in [1.807, 2.05) is 10.9 Å². The van der Waals surface area contributed by atoms with Crippen LogP contribution in [0.15, 0.2) is 12.4 Å². The first-order chi connectivity index (χ1) is 10.7. The first kappa shape index (κ1) is 16.9. The molecule has 0 aromatic carbocycles. The third-order valence-corrected chi connectivity index (χ3v) is 4.60. The molecule has 6 heteroatoms. The quantitative estimate of drug-likeness (QED) is 0.650. The normalized spacial score (nSPS) is 24.7. The fourth-order valence-electron chi connectivity index (χ4n) is 3.32. The van der Waals surface area contributed by atoms with Crippen LogP contribution in [-0.4, -0.2) is 38.7 Å². The van der Waals surface area contributed by atoms with E-state index in [2.05, 4.69) is 22.6 Å². The van der Waals surface area contributed by atoms with Crippen molar-refractivity contribution in [1.82, 2.24) is 20.3 Å². The smallest absolute Gasteiger partial charge is 0.306 e. The number of unbranched alkanes of at least 4 members (excludes halogenated alkanes) is 5. The Morgan fingerprint density at radius 1 is 1.27 bits per heavy atom. The van der Waals surface area contributed by atoms with Crippen molar-refractivity contribution in [3.05, 3.63) is 12.4 Å². The van der Waals surface area contributed by atoms with Crippen LogP contribution in [0.3, 0.4) is 0 Å². The Kier molecular flexibility index (Phi) is 6.83. The average molecular weight is 308 g/mol. The van der Waals surface area contributed by atoms with Crippen molar-refractivity contribution in [2.75, 3.05) is 6.54 Å². The van der Waals surface area contributed by atoms with E-state index in [1.165, 1.54) is 32.1 Å². The van der Waals surface area contributed by atoms with Crippen molar-refractivity contribution in [2.45, 2.75) is 70.4 Å². The Labute approximate surface area is 132 Å². The van der Waals surface area contributed by atoms with Crippen LogP contribution in [0.5, 0.6) is 0 Å². The van der Waals surface area contributed by atoms with Gasteiger partial charge in [-0.25, -0.2) is 4.68 Å². The average Bonchev–Trinajstić information content (AvgIpc) is 3.15. The van der Waals surface area contributed by atoms with Gasteiger partial charge in [-0.1, -0.05) is 44.2 Å². The second kappa shape index (κ2) is 8.88. The van der Waals surface area contributed by atoms with E-state index in [1.54, 1.807) is 6.20 Å². The molecule has 0 spiro atoms. The Hall–Kier alpha value is -1.43. The second-order valence-electron chi connectivity index (χ2n) is 6.29. The molecule has 1 aromatic rings. The second-order valence-corrected chi connectivity index (χ2v) is 6.29. The summed E-state index contributed by atoms with van der Waals surface area (Å²) >= 11 is 0. The van der Waals surface area contributed by atoms with Gasteiger partial charge in [-0.05, 0) is 25.8 Å². The highest BCUT2D eigenvalue weighted by Gasteiger charge is 2.39. The maximum Gasteiger partial charge on any atom is 0.306 e. The molecule has 0 bridgehead atoms. The van der Waals surface area contributed by atoms with Gasteiger partial charge in [0.1, 0.15) is 0 Å². The summed E-state index contributed by atoms with van der Waals surface area (Å²) in [6, 6.07) is 0.280. The van der Waals surface area contributed by atoms with E-state index < -0.39 is 5.97 Å². The van der Waals surface area contributed by atoms with E-state index in [4.69, 9.17) is 0 Å². The molecule has 1 fully saturated rings. The molecule has 0 amide bonds. The fraction of sp³-hybridized carbons (Fsp3) is 0.812. The number of nitrogens with one attached hydrogen (secondary N) is 1. The lowest BCUT2D eigenvalue weighted by Gasteiger charge is -2.20. The molecule has 2 rings (SSSR count). The van der Waals surface area contributed by atoms with Crippen molar-refractivity contribution in [1.29, 1.82) is 0 Å². The highest BCUT2D eigenvalue weighted by atomic mass is 16.4. The molecule has 1 aliphatic rings. The third kappa shape index (κ3) is 4.80. The number of hydrogen-bond donors (Lipinski definition) is 2. The minimum absolute atomic E-state index is 0.101. The number of aromatic nitrogens is 3. The molecule has 6 nitrogen and oxygen atoms in total. The van der Waals surface area contributed by atoms with Gasteiger partial charge in [0.05, 0.1) is 18.2 Å². The summed E-state index contributed by atoms with van der Waals surface area (Å²) in [5, 5.41) is 20.7. The number of aliphatic carboxylic acids is 1. The zero-order valence-electron chi connectivity index (χ0n) is 13.4. The van der Waals surface area contributed by atoms with Crippen LogP contribution in [0.4, 0.5) is 0 Å². The standard InChI is InChI=1S/C16H28N4O2/c1-2-3-4-5-6-7-8-17-14-11-13(16(21)22)12-15(14)20-10-9-18-19-20/h9-10,13-15,17H,2-8,11-12H2,1H3,(H,21,22)/t13?,14-,15+/m1/s1. The van der Waals surface area contributed by atoms with Crippen LogP contribution in [0.2, 0.25) is 0 Å². The van der Waals surface area contributed by atoms with Crippen molar-refractivity contribution in [2.24, 2.45) is 5.92 Å². The van der Waals surface area contributed by atoms with Gasteiger partial charge in [0.15, 0.2) is 0 Å². The summed E-state index contributed by atoms with van der Waals surface area (Å²) in [6.07, 6.45) is 12.4. The summed E-state index contributed by atoms with van der Waals surface area (Å²) < 4.78 is 1.81. The van der Waals surface area contributed by atoms with Crippen LogP contribution in [0.1, 0.15) is 64.3 Å². The summed E-state index contributed by atoms with van der Waals surface area (Å²) in [4.78, 5) is 11.3. The minimum Gasteiger partial charge on any atom is -0.481 e. The Morgan fingerprint density at radius 2 is 2.05 bits per heavy atom. The number of nitrogens with zero attached hydrogens (tertiary/aromatic N) is 3. The van der Waals surface area contributed by atoms with Gasteiger partial charge < -0.3 is 10.4 Å². The van der Waals surface area contributed by atoms with Crippen LogP contribution in [0.25, 0.3) is 0 Å². The number of carboxylic acid groups (broad SMARTS) is 1. The minimum atomic E-state index is -0.700. The van der Waals surface area contributed by atoms with E-state index in [0.717, 1.165) is 13.0 Å². The van der Waals surface area contributed by atoms with Gasteiger partial charge in [0.2, 0.25) is 0 Å². The predicted molar refractivity (Wildman–Crippen MR) is 84.6 cm³/mol. The Bertz CT molecular complexity index is 435. The fourth-order valence-corrected chi connectivity index (χ4v) is 3.32. The third-order valence-electron chi connectivity index (χ3n) is 4.60. The van der Waals surface area contributed by atoms with Gasteiger partial charge in [-0.15, -0.1) is 5.10 Å². The Balaban J connectivity index is 1.76. The molecular weight excluding hydrogens is 280 g/mol. The lowest BCUT2D eigenvalue weighted by Crippen LogP contribution is -2.35. The topological polar surface area (TPSA) is 80.0 Å². The zero-order valence-corrected chi connectivity index (χ0v) is 13.4. The molecule has 0 radical (unpaired) electrons. The van der Waals surface area contributed by atoms with Gasteiger partial charge >= 0.3 is 5.97 Å². The molecule has 2 N–H and O–H groups in total. The summed E-state index contributed by atoms with van der Waals surface area (Å²) in [5.74, 6) is -0.981. The number of rotatable bonds is 10. The number of carboxylic acids is 1.